The summed E-state index contributed by atoms with van der Waals surface area (Å²) in [6, 6.07) is 2.89. The van der Waals surface area contributed by atoms with Gasteiger partial charge in [0.15, 0.2) is 0 Å². The number of fused-ring (bicyclic) bond motifs is 1. The van der Waals surface area contributed by atoms with Gasteiger partial charge in [-0.3, -0.25) is 0 Å². The number of ether oxygens (including phenoxy) is 1. The molecule has 10 heteroatoms. The van der Waals surface area contributed by atoms with Crippen molar-refractivity contribution in [2.24, 2.45) is 11.8 Å². The first-order valence-corrected chi connectivity index (χ1v) is 12.5. The summed E-state index contributed by atoms with van der Waals surface area (Å²) in [4.78, 5) is 13.6. The molecule has 5 rings (SSSR count). The molecule has 3 saturated carbocycles. The minimum absolute atomic E-state index is 0.00146. The molecule has 1 aromatic rings. The second-order valence-electron chi connectivity index (χ2n) is 8.64. The maximum atomic E-state index is 13.4. The fourth-order valence-corrected chi connectivity index (χ4v) is 6.64. The monoisotopic (exact) mass is 456 g/mol. The molecule has 1 aromatic carbocycles. The van der Waals surface area contributed by atoms with E-state index in [-0.39, 0.29) is 28.1 Å². The number of halogens is 1. The van der Waals surface area contributed by atoms with Crippen molar-refractivity contribution in [1.82, 2.24) is 4.72 Å². The van der Waals surface area contributed by atoms with Crippen molar-refractivity contribution >= 4 is 33.4 Å². The van der Waals surface area contributed by atoms with Crippen molar-refractivity contribution in [2.45, 2.75) is 54.5 Å². The van der Waals surface area contributed by atoms with Crippen LogP contribution in [0.4, 0.5) is 10.1 Å². The summed E-state index contributed by atoms with van der Waals surface area (Å²) in [5, 5.41) is 8.70. The SMILES string of the molecule is CSc1cc2c(cc1O/C=C(\F)C(=O)O)S(=O)(=O)N[C@H](C(C)C)CN2C12CC(C1)C2. The zero-order valence-corrected chi connectivity index (χ0v) is 18.6. The molecule has 7 nitrogen and oxygen atoms in total. The summed E-state index contributed by atoms with van der Waals surface area (Å²) in [6.07, 6.45) is 5.48. The van der Waals surface area contributed by atoms with Gasteiger partial charge in [-0.15, -0.1) is 11.8 Å². The third-order valence-corrected chi connectivity index (χ3v) is 8.67. The number of thioether (sulfide) groups is 1. The largest absolute Gasteiger partial charge is 0.476 e. The summed E-state index contributed by atoms with van der Waals surface area (Å²) in [6.45, 7) is 4.56. The van der Waals surface area contributed by atoms with Gasteiger partial charge in [0.1, 0.15) is 16.9 Å². The van der Waals surface area contributed by atoms with Crippen molar-refractivity contribution in [1.29, 1.82) is 0 Å². The summed E-state index contributed by atoms with van der Waals surface area (Å²) in [5.74, 6) is -2.28. The zero-order valence-electron chi connectivity index (χ0n) is 17.0. The van der Waals surface area contributed by atoms with Gasteiger partial charge in [0.25, 0.3) is 0 Å². The van der Waals surface area contributed by atoms with Crippen LogP contribution in [0, 0.1) is 11.8 Å². The van der Waals surface area contributed by atoms with E-state index in [1.54, 1.807) is 12.3 Å². The quantitative estimate of drug-likeness (QED) is 0.385. The second-order valence-corrected chi connectivity index (χ2v) is 11.2. The van der Waals surface area contributed by atoms with Crippen LogP contribution in [0.15, 0.2) is 34.0 Å². The van der Waals surface area contributed by atoms with Gasteiger partial charge in [-0.2, -0.15) is 4.39 Å². The van der Waals surface area contributed by atoms with E-state index in [1.165, 1.54) is 17.8 Å². The highest BCUT2D eigenvalue weighted by Gasteiger charge is 2.61. The van der Waals surface area contributed by atoms with Crippen LogP contribution < -0.4 is 14.4 Å². The Bertz CT molecular complexity index is 1010. The van der Waals surface area contributed by atoms with Gasteiger partial charge >= 0.3 is 5.97 Å². The molecular weight excluding hydrogens is 431 g/mol. The van der Waals surface area contributed by atoms with Crippen molar-refractivity contribution in [3.8, 4) is 5.75 Å². The molecule has 4 aliphatic rings. The molecule has 30 heavy (non-hydrogen) atoms. The Morgan fingerprint density at radius 1 is 1.40 bits per heavy atom. The molecule has 164 valence electrons. The van der Waals surface area contributed by atoms with E-state index in [0.29, 0.717) is 23.4 Å². The molecule has 3 aliphatic carbocycles. The summed E-state index contributed by atoms with van der Waals surface area (Å²) < 4.78 is 47.9. The summed E-state index contributed by atoms with van der Waals surface area (Å²) in [7, 11) is -3.85. The predicted octanol–water partition coefficient (Wildman–Crippen LogP) is 3.36. The first-order valence-electron chi connectivity index (χ1n) is 9.84. The molecule has 0 aromatic heterocycles. The third kappa shape index (κ3) is 3.48. The van der Waals surface area contributed by atoms with Crippen LogP contribution >= 0.6 is 11.8 Å². The average molecular weight is 457 g/mol. The zero-order chi connectivity index (χ0) is 21.8. The van der Waals surface area contributed by atoms with E-state index in [0.717, 1.165) is 25.2 Å². The normalized spacial score (nSPS) is 29.5. The first-order chi connectivity index (χ1) is 14.1. The lowest BCUT2D eigenvalue weighted by Crippen LogP contribution is -2.70. The number of sulfonamides is 1. The molecule has 1 atom stereocenters. The lowest BCUT2D eigenvalue weighted by molar-refractivity contribution is -0.134. The minimum atomic E-state index is -3.85. The van der Waals surface area contributed by atoms with Crippen molar-refractivity contribution < 1.29 is 27.4 Å². The van der Waals surface area contributed by atoms with Crippen molar-refractivity contribution in [2.75, 3.05) is 17.7 Å². The van der Waals surface area contributed by atoms with E-state index >= 15 is 0 Å². The van der Waals surface area contributed by atoms with Gasteiger partial charge < -0.3 is 14.7 Å². The number of benzene rings is 1. The van der Waals surface area contributed by atoms with Crippen molar-refractivity contribution in [3.05, 3.63) is 24.2 Å². The van der Waals surface area contributed by atoms with Gasteiger partial charge in [0.05, 0.1) is 10.6 Å². The Balaban J connectivity index is 1.83. The Morgan fingerprint density at radius 2 is 2.07 bits per heavy atom. The van der Waals surface area contributed by atoms with Crippen LogP contribution in [0.5, 0.6) is 5.75 Å². The molecule has 2 bridgehead atoms. The first kappa shape index (κ1) is 21.5. The number of carboxylic acids is 1. The standard InChI is InChI=1S/C20H25FN2O5S2/c1-11(2)14-9-23(20-6-12(7-20)8-20)15-4-17(29-3)16(28-10-13(21)19(24)25)5-18(15)30(26,27)22-14/h4-5,10-12,14,22H,6-9H2,1-3H3,(H,24,25)/b13-10-/t12?,14-,20?/m0/s1. The number of rotatable bonds is 6. The highest BCUT2D eigenvalue weighted by Crippen LogP contribution is 2.62. The van der Waals surface area contributed by atoms with E-state index < -0.39 is 21.8 Å². The van der Waals surface area contributed by atoms with Crippen LogP contribution in [-0.4, -0.2) is 43.9 Å². The second kappa shape index (κ2) is 7.42. The van der Waals surface area contributed by atoms with E-state index in [1.807, 2.05) is 13.8 Å². The smallest absolute Gasteiger partial charge is 0.368 e. The summed E-state index contributed by atoms with van der Waals surface area (Å²) >= 11 is 1.33. The molecule has 1 aliphatic heterocycles. The highest BCUT2D eigenvalue weighted by atomic mass is 32.2. The number of hydrogen-bond donors (Lipinski definition) is 2. The Hall–Kier alpha value is -1.78. The molecule has 2 N–H and O–H groups in total. The van der Waals surface area contributed by atoms with Gasteiger partial charge in [-0.1, -0.05) is 13.8 Å². The number of nitrogens with one attached hydrogen (secondary N) is 1. The molecule has 0 radical (unpaired) electrons. The topological polar surface area (TPSA) is 95.9 Å². The molecule has 0 unspecified atom stereocenters. The lowest BCUT2D eigenvalue weighted by atomic mass is 9.49. The van der Waals surface area contributed by atoms with Crippen LogP contribution in [-0.2, 0) is 14.8 Å². The Labute approximate surface area is 179 Å². The number of aliphatic carboxylic acids is 1. The lowest BCUT2D eigenvalue weighted by Gasteiger charge is -2.67. The fraction of sp³-hybridized carbons (Fsp3) is 0.550. The van der Waals surface area contributed by atoms with Crippen LogP contribution in [0.2, 0.25) is 0 Å². The maximum Gasteiger partial charge on any atom is 0.368 e. The van der Waals surface area contributed by atoms with Crippen LogP contribution in [0.1, 0.15) is 33.1 Å². The number of hydrogen-bond acceptors (Lipinski definition) is 6. The van der Waals surface area contributed by atoms with E-state index in [9.17, 15) is 17.6 Å². The Morgan fingerprint density at radius 3 is 2.57 bits per heavy atom. The fourth-order valence-electron chi connectivity index (χ4n) is 4.53. The molecule has 3 fully saturated rings. The van der Waals surface area contributed by atoms with E-state index in [2.05, 4.69) is 9.62 Å². The molecule has 0 spiro atoms. The van der Waals surface area contributed by atoms with Gasteiger partial charge in [0, 0.05) is 24.2 Å². The average Bonchev–Trinajstić information content (AvgIpc) is 2.71. The molecule has 1 heterocycles. The molecular formula is C20H25FN2O5S2. The van der Waals surface area contributed by atoms with Gasteiger partial charge in [0.2, 0.25) is 15.9 Å². The Kier molecular flexibility index (Phi) is 5.31. The third-order valence-electron chi connectivity index (χ3n) is 6.39. The molecule has 0 saturated heterocycles. The number of carbonyl (C=O) groups is 1. The number of nitrogens with zero attached hydrogens (tertiary/aromatic N) is 1. The van der Waals surface area contributed by atoms with Crippen LogP contribution in [0.3, 0.4) is 0 Å². The van der Waals surface area contributed by atoms with E-state index in [4.69, 9.17) is 9.84 Å². The van der Waals surface area contributed by atoms with Gasteiger partial charge in [-0.25, -0.2) is 17.9 Å². The number of carboxylic acid groups (broad SMARTS) is 1. The molecule has 0 amide bonds. The summed E-state index contributed by atoms with van der Waals surface area (Å²) in [5.41, 5.74) is 0.629. The maximum absolute atomic E-state index is 13.4. The highest BCUT2D eigenvalue weighted by molar-refractivity contribution is 7.98. The van der Waals surface area contributed by atoms with Crippen molar-refractivity contribution in [3.63, 3.8) is 0 Å². The number of anilines is 1. The van der Waals surface area contributed by atoms with Gasteiger partial charge in [-0.05, 0) is 43.4 Å². The predicted molar refractivity (Wildman–Crippen MR) is 112 cm³/mol. The van der Waals surface area contributed by atoms with Crippen LogP contribution in [0.25, 0.3) is 0 Å². The minimum Gasteiger partial charge on any atom is -0.476 e.